The SMILES string of the molecule is CCOC(=O)c1c(-c2ccc(OC)cc2)csc1NC(=O)CCC(=O)N1CCc2sccc2C1. The van der Waals surface area contributed by atoms with Gasteiger partial charge in [-0.25, -0.2) is 4.79 Å². The number of nitrogens with zero attached hydrogens (tertiary/aromatic N) is 1. The third kappa shape index (κ3) is 5.31. The lowest BCUT2D eigenvalue weighted by atomic mass is 10.0. The van der Waals surface area contributed by atoms with Crippen molar-refractivity contribution >= 4 is 45.5 Å². The quantitative estimate of drug-likeness (QED) is 0.444. The van der Waals surface area contributed by atoms with Crippen LogP contribution in [0.25, 0.3) is 11.1 Å². The number of hydrogen-bond donors (Lipinski definition) is 1. The second-order valence-electron chi connectivity index (χ2n) is 7.78. The molecule has 0 saturated carbocycles. The molecular weight excluding hydrogens is 472 g/mol. The summed E-state index contributed by atoms with van der Waals surface area (Å²) in [5, 5.41) is 7.11. The highest BCUT2D eigenvalue weighted by Crippen LogP contribution is 2.37. The van der Waals surface area contributed by atoms with Crippen LogP contribution in [-0.2, 0) is 27.3 Å². The van der Waals surface area contributed by atoms with Crippen LogP contribution in [0.5, 0.6) is 5.75 Å². The topological polar surface area (TPSA) is 84.9 Å². The molecule has 1 N–H and O–H groups in total. The number of fused-ring (bicyclic) bond motifs is 1. The maximum Gasteiger partial charge on any atom is 0.341 e. The van der Waals surface area contributed by atoms with Gasteiger partial charge in [0.2, 0.25) is 11.8 Å². The summed E-state index contributed by atoms with van der Waals surface area (Å²) in [5.74, 6) is -0.141. The molecule has 178 valence electrons. The van der Waals surface area contributed by atoms with Crippen molar-refractivity contribution in [3.63, 3.8) is 0 Å². The van der Waals surface area contributed by atoms with Crippen LogP contribution in [0.15, 0.2) is 41.1 Å². The molecule has 1 aliphatic heterocycles. The Balaban J connectivity index is 1.43. The molecule has 0 bridgehead atoms. The van der Waals surface area contributed by atoms with Crippen molar-refractivity contribution in [3.05, 3.63) is 57.1 Å². The van der Waals surface area contributed by atoms with Crippen LogP contribution >= 0.6 is 22.7 Å². The van der Waals surface area contributed by atoms with Crippen LogP contribution < -0.4 is 10.1 Å². The van der Waals surface area contributed by atoms with Gasteiger partial charge in [-0.15, -0.1) is 22.7 Å². The van der Waals surface area contributed by atoms with Crippen molar-refractivity contribution in [2.45, 2.75) is 32.7 Å². The third-order valence-corrected chi connectivity index (χ3v) is 7.57. The molecule has 2 aromatic heterocycles. The summed E-state index contributed by atoms with van der Waals surface area (Å²) in [6, 6.07) is 9.38. The van der Waals surface area contributed by atoms with Crippen LogP contribution in [-0.4, -0.2) is 42.9 Å². The third-order valence-electron chi connectivity index (χ3n) is 5.65. The predicted molar refractivity (Wildman–Crippen MR) is 134 cm³/mol. The Labute approximate surface area is 206 Å². The maximum atomic E-state index is 12.7. The number of rotatable bonds is 8. The van der Waals surface area contributed by atoms with E-state index in [1.807, 2.05) is 29.6 Å². The van der Waals surface area contributed by atoms with E-state index in [9.17, 15) is 14.4 Å². The maximum absolute atomic E-state index is 12.7. The van der Waals surface area contributed by atoms with Crippen molar-refractivity contribution < 1.29 is 23.9 Å². The summed E-state index contributed by atoms with van der Waals surface area (Å²) in [4.78, 5) is 41.2. The Morgan fingerprint density at radius 2 is 1.88 bits per heavy atom. The number of carbonyl (C=O) groups excluding carboxylic acids is 3. The summed E-state index contributed by atoms with van der Waals surface area (Å²) in [6.45, 7) is 3.24. The van der Waals surface area contributed by atoms with E-state index in [1.165, 1.54) is 21.8 Å². The first kappa shape index (κ1) is 24.0. The summed E-state index contributed by atoms with van der Waals surface area (Å²) in [6.07, 6.45) is 1.03. The fourth-order valence-electron chi connectivity index (χ4n) is 3.87. The summed E-state index contributed by atoms with van der Waals surface area (Å²) in [5.41, 5.74) is 3.00. The minimum atomic E-state index is -0.499. The van der Waals surface area contributed by atoms with E-state index in [-0.39, 0.29) is 31.3 Å². The van der Waals surface area contributed by atoms with Crippen LogP contribution in [0.1, 0.15) is 40.6 Å². The number of ether oxygens (including phenoxy) is 2. The fraction of sp³-hybridized carbons (Fsp3) is 0.320. The molecule has 7 nitrogen and oxygen atoms in total. The summed E-state index contributed by atoms with van der Waals surface area (Å²) in [7, 11) is 1.59. The number of nitrogens with one attached hydrogen (secondary N) is 1. The number of anilines is 1. The zero-order valence-corrected chi connectivity index (χ0v) is 20.7. The predicted octanol–water partition coefficient (Wildman–Crippen LogP) is 4.97. The average molecular weight is 499 g/mol. The molecule has 0 atom stereocenters. The van der Waals surface area contributed by atoms with Gasteiger partial charge in [-0.3, -0.25) is 9.59 Å². The van der Waals surface area contributed by atoms with Gasteiger partial charge in [0.15, 0.2) is 0 Å². The molecule has 0 saturated heterocycles. The van der Waals surface area contributed by atoms with Crippen molar-refractivity contribution in [1.82, 2.24) is 4.90 Å². The molecule has 2 amide bonds. The molecule has 0 fully saturated rings. The molecular formula is C25H26N2O5S2. The lowest BCUT2D eigenvalue weighted by Gasteiger charge is -2.27. The van der Waals surface area contributed by atoms with Gasteiger partial charge < -0.3 is 19.7 Å². The van der Waals surface area contributed by atoms with Crippen molar-refractivity contribution in [1.29, 1.82) is 0 Å². The van der Waals surface area contributed by atoms with Gasteiger partial charge in [0.05, 0.1) is 13.7 Å². The van der Waals surface area contributed by atoms with Crippen molar-refractivity contribution in [3.8, 4) is 16.9 Å². The van der Waals surface area contributed by atoms with E-state index in [4.69, 9.17) is 9.47 Å². The first-order chi connectivity index (χ1) is 16.5. The number of esters is 1. The van der Waals surface area contributed by atoms with Crippen LogP contribution in [0, 0.1) is 0 Å². The van der Waals surface area contributed by atoms with Gasteiger partial charge in [0.25, 0.3) is 0 Å². The molecule has 34 heavy (non-hydrogen) atoms. The van der Waals surface area contributed by atoms with Crippen LogP contribution in [0.2, 0.25) is 0 Å². The number of carbonyl (C=O) groups is 3. The number of methoxy groups -OCH3 is 1. The second kappa shape index (κ2) is 10.8. The average Bonchev–Trinajstić information content (AvgIpc) is 3.49. The first-order valence-electron chi connectivity index (χ1n) is 11.1. The van der Waals surface area contributed by atoms with Gasteiger partial charge in [0, 0.05) is 41.8 Å². The zero-order valence-electron chi connectivity index (χ0n) is 19.1. The van der Waals surface area contributed by atoms with Crippen molar-refractivity contribution in [2.24, 2.45) is 0 Å². The van der Waals surface area contributed by atoms with E-state index in [1.54, 1.807) is 30.3 Å². The molecule has 0 spiro atoms. The first-order valence-corrected chi connectivity index (χ1v) is 12.8. The minimum absolute atomic E-state index is 0.0392. The van der Waals surface area contributed by atoms with Gasteiger partial charge in [-0.1, -0.05) is 12.1 Å². The molecule has 0 radical (unpaired) electrons. The Morgan fingerprint density at radius 1 is 1.09 bits per heavy atom. The van der Waals surface area contributed by atoms with Crippen LogP contribution in [0.3, 0.4) is 0 Å². The van der Waals surface area contributed by atoms with E-state index < -0.39 is 5.97 Å². The summed E-state index contributed by atoms with van der Waals surface area (Å²) >= 11 is 2.98. The lowest BCUT2D eigenvalue weighted by molar-refractivity contribution is -0.133. The van der Waals surface area contributed by atoms with Crippen molar-refractivity contribution in [2.75, 3.05) is 25.6 Å². The molecule has 3 heterocycles. The van der Waals surface area contributed by atoms with Crippen LogP contribution in [0.4, 0.5) is 5.00 Å². The molecule has 1 aliphatic rings. The van der Waals surface area contributed by atoms with E-state index in [0.717, 1.165) is 12.0 Å². The Bertz CT molecular complexity index is 1180. The van der Waals surface area contributed by atoms with Gasteiger partial charge in [-0.2, -0.15) is 0 Å². The second-order valence-corrected chi connectivity index (χ2v) is 9.67. The molecule has 1 aromatic carbocycles. The monoisotopic (exact) mass is 498 g/mol. The van der Waals surface area contributed by atoms with E-state index >= 15 is 0 Å². The highest BCUT2D eigenvalue weighted by Gasteiger charge is 2.24. The Hall–Kier alpha value is -3.17. The molecule has 4 rings (SSSR count). The smallest absolute Gasteiger partial charge is 0.341 e. The number of thiophene rings is 2. The van der Waals surface area contributed by atoms with E-state index in [2.05, 4.69) is 16.8 Å². The normalized spacial score (nSPS) is 12.7. The largest absolute Gasteiger partial charge is 0.497 e. The van der Waals surface area contributed by atoms with Gasteiger partial charge >= 0.3 is 5.97 Å². The fourth-order valence-corrected chi connectivity index (χ4v) is 5.73. The molecule has 0 aliphatic carbocycles. The van der Waals surface area contributed by atoms with Gasteiger partial charge in [0.1, 0.15) is 16.3 Å². The lowest BCUT2D eigenvalue weighted by Crippen LogP contribution is -2.35. The number of hydrogen-bond acceptors (Lipinski definition) is 7. The summed E-state index contributed by atoms with van der Waals surface area (Å²) < 4.78 is 10.5. The minimum Gasteiger partial charge on any atom is -0.497 e. The van der Waals surface area contributed by atoms with E-state index in [0.29, 0.717) is 35.0 Å². The zero-order chi connectivity index (χ0) is 24.1. The molecule has 3 aromatic rings. The highest BCUT2D eigenvalue weighted by atomic mass is 32.1. The number of amides is 2. The highest BCUT2D eigenvalue weighted by molar-refractivity contribution is 7.15. The Kier molecular flexibility index (Phi) is 7.64. The standard InChI is InChI=1S/C25H26N2O5S2/c1-3-32-25(30)23-19(16-4-6-18(31-2)7-5-16)15-34-24(23)26-21(28)8-9-22(29)27-12-10-20-17(14-27)11-13-33-20/h4-7,11,13,15H,3,8-10,12,14H2,1-2H3,(H,26,28). The number of benzene rings is 1. The molecule has 0 unspecified atom stereocenters. The van der Waals surface area contributed by atoms with Gasteiger partial charge in [-0.05, 0) is 48.1 Å². The Morgan fingerprint density at radius 3 is 2.62 bits per heavy atom. The molecule has 9 heteroatoms.